The summed E-state index contributed by atoms with van der Waals surface area (Å²) < 4.78 is 0.279. The number of hydrogen-bond donors (Lipinski definition) is 0. The molecular weight excluding hydrogens is 342 g/mol. The molecule has 1 heterocycles. The molecule has 128 valence electrons. The van der Waals surface area contributed by atoms with E-state index in [1.54, 1.807) is 6.08 Å². The van der Waals surface area contributed by atoms with E-state index in [4.69, 9.17) is 12.2 Å². The van der Waals surface area contributed by atoms with E-state index in [0.29, 0.717) is 17.7 Å². The molecule has 4 nitrogen and oxygen atoms in total. The van der Waals surface area contributed by atoms with Crippen LogP contribution in [0.4, 0.5) is 0 Å². The van der Waals surface area contributed by atoms with Crippen LogP contribution in [0.1, 0.15) is 44.2 Å². The van der Waals surface area contributed by atoms with Crippen molar-refractivity contribution in [3.63, 3.8) is 0 Å². The van der Waals surface area contributed by atoms with Crippen molar-refractivity contribution in [2.24, 2.45) is 0 Å². The molecule has 24 heavy (non-hydrogen) atoms. The number of carboxylic acids is 1. The minimum atomic E-state index is -1.26. The lowest BCUT2D eigenvalue weighted by Gasteiger charge is -2.27. The number of aryl methyl sites for hydroxylation is 1. The van der Waals surface area contributed by atoms with Crippen molar-refractivity contribution in [3.05, 3.63) is 40.3 Å². The lowest BCUT2D eigenvalue weighted by Crippen LogP contribution is -2.49. The number of thiocarbonyl (C=S) groups is 1. The van der Waals surface area contributed by atoms with E-state index in [-0.39, 0.29) is 10.2 Å². The van der Waals surface area contributed by atoms with Gasteiger partial charge in [-0.3, -0.25) is 9.69 Å². The third kappa shape index (κ3) is 4.24. The molecule has 6 heteroatoms. The molecule has 1 atom stereocenters. The summed E-state index contributed by atoms with van der Waals surface area (Å²) in [6.45, 7) is 4.05. The lowest BCUT2D eigenvalue weighted by atomic mass is 10.1. The number of amides is 1. The van der Waals surface area contributed by atoms with E-state index in [1.807, 2.05) is 31.2 Å². The number of benzene rings is 1. The summed E-state index contributed by atoms with van der Waals surface area (Å²) in [6, 6.07) is 6.92. The Labute approximate surface area is 151 Å². The van der Waals surface area contributed by atoms with Crippen molar-refractivity contribution in [3.8, 4) is 0 Å². The van der Waals surface area contributed by atoms with E-state index in [9.17, 15) is 14.7 Å². The quantitative estimate of drug-likeness (QED) is 0.551. The van der Waals surface area contributed by atoms with Gasteiger partial charge in [-0.1, -0.05) is 74.9 Å². The standard InChI is InChI=1S/C18H21NO3S2/c1-3-5-6-14(17(21)22)19-16(20)15(24-18(19)23)11-13-9-7-12(4-2)8-10-13/h7-11,14H,3-6H2,1-2H3,(H,21,22)/p-1/b15-11-/t14-/m1/s1. The first-order chi connectivity index (χ1) is 11.5. The second-order valence-corrected chi connectivity index (χ2v) is 7.30. The van der Waals surface area contributed by atoms with Gasteiger partial charge in [0.05, 0.1) is 16.9 Å². The molecule has 0 spiro atoms. The summed E-state index contributed by atoms with van der Waals surface area (Å²) >= 11 is 6.38. The van der Waals surface area contributed by atoms with Gasteiger partial charge in [0.15, 0.2) is 0 Å². The van der Waals surface area contributed by atoms with Crippen LogP contribution in [0.3, 0.4) is 0 Å². The fourth-order valence-electron chi connectivity index (χ4n) is 2.50. The molecule has 0 aliphatic carbocycles. The number of nitrogens with zero attached hydrogens (tertiary/aromatic N) is 1. The minimum Gasteiger partial charge on any atom is -0.548 e. The van der Waals surface area contributed by atoms with Gasteiger partial charge in [0, 0.05) is 0 Å². The topological polar surface area (TPSA) is 60.4 Å². The molecule has 0 bridgehead atoms. The first-order valence-electron chi connectivity index (χ1n) is 8.04. The Hall–Kier alpha value is -1.66. The Morgan fingerprint density at radius 1 is 1.33 bits per heavy atom. The van der Waals surface area contributed by atoms with Gasteiger partial charge < -0.3 is 9.90 Å². The van der Waals surface area contributed by atoms with Crippen LogP contribution in [0, 0.1) is 0 Å². The number of hydrogen-bond acceptors (Lipinski definition) is 5. The highest BCUT2D eigenvalue weighted by Gasteiger charge is 2.37. The van der Waals surface area contributed by atoms with E-state index in [0.717, 1.165) is 30.2 Å². The number of unbranched alkanes of at least 4 members (excludes halogenated alkanes) is 1. The van der Waals surface area contributed by atoms with Crippen molar-refractivity contribution < 1.29 is 14.7 Å². The highest BCUT2D eigenvalue weighted by atomic mass is 32.2. The second kappa shape index (κ2) is 8.44. The molecule has 2 rings (SSSR count). The molecule has 1 aromatic carbocycles. The summed E-state index contributed by atoms with van der Waals surface area (Å²) in [5.74, 6) is -1.61. The predicted octanol–water partition coefficient (Wildman–Crippen LogP) is 2.76. The number of carbonyl (C=O) groups is 2. The Morgan fingerprint density at radius 3 is 2.54 bits per heavy atom. The van der Waals surface area contributed by atoms with Gasteiger partial charge in [-0.15, -0.1) is 0 Å². The molecular formula is C18H20NO3S2-. The molecule has 1 amide bonds. The smallest absolute Gasteiger partial charge is 0.266 e. The normalized spacial score (nSPS) is 17.6. The second-order valence-electron chi connectivity index (χ2n) is 5.62. The summed E-state index contributed by atoms with van der Waals surface area (Å²) in [6.07, 6.45) is 4.60. The Kier molecular flexibility index (Phi) is 6.57. The maximum Gasteiger partial charge on any atom is 0.266 e. The number of thioether (sulfide) groups is 1. The van der Waals surface area contributed by atoms with Gasteiger partial charge in [-0.25, -0.2) is 0 Å². The molecule has 1 aliphatic rings. The van der Waals surface area contributed by atoms with Gasteiger partial charge in [-0.2, -0.15) is 0 Å². The fourth-order valence-corrected chi connectivity index (χ4v) is 3.86. The van der Waals surface area contributed by atoms with Crippen LogP contribution in [-0.2, 0) is 16.0 Å². The molecule has 1 fully saturated rings. The molecule has 0 unspecified atom stereocenters. The molecule has 1 saturated heterocycles. The maximum absolute atomic E-state index is 12.6. The van der Waals surface area contributed by atoms with Crippen molar-refractivity contribution in [1.29, 1.82) is 0 Å². The highest BCUT2D eigenvalue weighted by molar-refractivity contribution is 8.26. The van der Waals surface area contributed by atoms with Crippen LogP contribution in [0.5, 0.6) is 0 Å². The largest absolute Gasteiger partial charge is 0.548 e. The van der Waals surface area contributed by atoms with Gasteiger partial charge in [-0.05, 0) is 30.0 Å². The van der Waals surface area contributed by atoms with Gasteiger partial charge in [0.25, 0.3) is 5.91 Å². The molecule has 1 aromatic rings. The Morgan fingerprint density at radius 2 is 2.00 bits per heavy atom. The number of carboxylic acid groups (broad SMARTS) is 1. The van der Waals surface area contributed by atoms with Gasteiger partial charge in [0.1, 0.15) is 4.32 Å². The van der Waals surface area contributed by atoms with E-state index in [2.05, 4.69) is 6.92 Å². The number of carbonyl (C=O) groups excluding carboxylic acids is 2. The van der Waals surface area contributed by atoms with Crippen molar-refractivity contribution in [1.82, 2.24) is 4.90 Å². The average Bonchev–Trinajstić information content (AvgIpc) is 2.83. The summed E-state index contributed by atoms with van der Waals surface area (Å²) in [5.41, 5.74) is 2.11. The SMILES string of the molecule is CCCC[C@H](C(=O)[O-])N1C(=O)/C(=C/c2ccc(CC)cc2)SC1=S. The maximum atomic E-state index is 12.6. The van der Waals surface area contributed by atoms with Gasteiger partial charge >= 0.3 is 0 Å². The van der Waals surface area contributed by atoms with Crippen LogP contribution in [0.15, 0.2) is 29.2 Å². The van der Waals surface area contributed by atoms with Crippen molar-refractivity contribution in [2.45, 2.75) is 45.6 Å². The van der Waals surface area contributed by atoms with Gasteiger partial charge in [0.2, 0.25) is 0 Å². The third-order valence-electron chi connectivity index (χ3n) is 3.92. The van der Waals surface area contributed by atoms with Crippen LogP contribution in [0.2, 0.25) is 0 Å². The summed E-state index contributed by atoms with van der Waals surface area (Å²) in [5, 5.41) is 11.4. The Balaban J connectivity index is 2.23. The molecule has 1 aliphatic heterocycles. The van der Waals surface area contributed by atoms with E-state index in [1.165, 1.54) is 10.5 Å². The van der Waals surface area contributed by atoms with Crippen molar-refractivity contribution >= 4 is 46.3 Å². The van der Waals surface area contributed by atoms with Crippen molar-refractivity contribution in [2.75, 3.05) is 0 Å². The zero-order chi connectivity index (χ0) is 17.7. The lowest BCUT2D eigenvalue weighted by molar-refractivity contribution is -0.310. The summed E-state index contributed by atoms with van der Waals surface area (Å²) in [4.78, 5) is 25.7. The number of rotatable bonds is 7. The molecule has 0 aromatic heterocycles. The first kappa shape index (κ1) is 18.7. The Bertz CT molecular complexity index is 667. The zero-order valence-electron chi connectivity index (χ0n) is 13.8. The van der Waals surface area contributed by atoms with Crippen LogP contribution < -0.4 is 5.11 Å². The summed E-state index contributed by atoms with van der Waals surface area (Å²) in [7, 11) is 0. The molecule has 0 radical (unpaired) electrons. The first-order valence-corrected chi connectivity index (χ1v) is 9.27. The van der Waals surface area contributed by atoms with E-state index < -0.39 is 12.0 Å². The van der Waals surface area contributed by atoms with Crippen LogP contribution in [-0.4, -0.2) is 27.1 Å². The van der Waals surface area contributed by atoms with Crippen LogP contribution >= 0.6 is 24.0 Å². The molecule has 0 saturated carbocycles. The zero-order valence-corrected chi connectivity index (χ0v) is 15.4. The monoisotopic (exact) mass is 362 g/mol. The average molecular weight is 362 g/mol. The minimum absolute atomic E-state index is 0.279. The highest BCUT2D eigenvalue weighted by Crippen LogP contribution is 2.34. The predicted molar refractivity (Wildman–Crippen MR) is 99.2 cm³/mol. The molecule has 0 N–H and O–H groups in total. The van der Waals surface area contributed by atoms with Crippen LogP contribution in [0.25, 0.3) is 6.08 Å². The number of aliphatic carboxylic acids is 1. The fraction of sp³-hybridized carbons (Fsp3) is 0.389. The van der Waals surface area contributed by atoms with E-state index >= 15 is 0 Å². The third-order valence-corrected chi connectivity index (χ3v) is 5.25.